The third-order valence-corrected chi connectivity index (χ3v) is 5.18. The Kier molecular flexibility index (Phi) is 5.85. The summed E-state index contributed by atoms with van der Waals surface area (Å²) >= 11 is 0. The predicted molar refractivity (Wildman–Crippen MR) is 95.1 cm³/mol. The summed E-state index contributed by atoms with van der Waals surface area (Å²) in [5.41, 5.74) is 1.10. The Morgan fingerprint density at radius 2 is 1.58 bits per heavy atom. The predicted octanol–water partition coefficient (Wildman–Crippen LogP) is 2.68. The normalized spacial score (nSPS) is 19.3. The first-order valence-electron chi connectivity index (χ1n) is 8.98. The molecule has 0 aromatic heterocycles. The molecule has 0 spiro atoms. The van der Waals surface area contributed by atoms with Gasteiger partial charge in [0.15, 0.2) is 0 Å². The highest BCUT2D eigenvalue weighted by molar-refractivity contribution is 5.50. The molecule has 24 heavy (non-hydrogen) atoms. The Morgan fingerprint density at radius 3 is 2.08 bits per heavy atom. The molecule has 0 radical (unpaired) electrons. The van der Waals surface area contributed by atoms with E-state index in [-0.39, 0.29) is 0 Å². The standard InChI is InChI=1S/C19H30N2O3/c1-22-16-10-18(23-2)17(19(11-16)24-3)13-21-8-6-15(7-9-21)20-12-14-4-5-14/h10-11,14-15,20H,4-9,12-13H2,1-3H3. The van der Waals surface area contributed by atoms with Crippen molar-refractivity contribution in [1.29, 1.82) is 0 Å². The van der Waals surface area contributed by atoms with Crippen molar-refractivity contribution in [2.24, 2.45) is 5.92 Å². The van der Waals surface area contributed by atoms with Crippen LogP contribution in [-0.4, -0.2) is 51.9 Å². The molecule has 3 rings (SSSR count). The fraction of sp³-hybridized carbons (Fsp3) is 0.684. The molecule has 1 heterocycles. The summed E-state index contributed by atoms with van der Waals surface area (Å²) < 4.78 is 16.5. The largest absolute Gasteiger partial charge is 0.496 e. The van der Waals surface area contributed by atoms with Crippen LogP contribution < -0.4 is 19.5 Å². The molecular weight excluding hydrogens is 304 g/mol. The molecule has 0 bridgehead atoms. The van der Waals surface area contributed by atoms with Gasteiger partial charge >= 0.3 is 0 Å². The van der Waals surface area contributed by atoms with Crippen LogP contribution in [0.25, 0.3) is 0 Å². The topological polar surface area (TPSA) is 43.0 Å². The number of rotatable bonds is 8. The number of nitrogens with zero attached hydrogens (tertiary/aromatic N) is 1. The molecule has 134 valence electrons. The molecule has 5 nitrogen and oxygen atoms in total. The Hall–Kier alpha value is -1.46. The second-order valence-electron chi connectivity index (χ2n) is 6.91. The van der Waals surface area contributed by atoms with E-state index in [0.717, 1.165) is 48.4 Å². The van der Waals surface area contributed by atoms with E-state index in [1.807, 2.05) is 12.1 Å². The Balaban J connectivity index is 1.59. The molecule has 1 aliphatic carbocycles. The van der Waals surface area contributed by atoms with E-state index in [4.69, 9.17) is 14.2 Å². The van der Waals surface area contributed by atoms with Crippen LogP contribution in [0.2, 0.25) is 0 Å². The van der Waals surface area contributed by atoms with Crippen molar-refractivity contribution in [2.75, 3.05) is 41.0 Å². The first-order chi connectivity index (χ1) is 11.7. The van der Waals surface area contributed by atoms with Crippen molar-refractivity contribution in [1.82, 2.24) is 10.2 Å². The third kappa shape index (κ3) is 4.33. The van der Waals surface area contributed by atoms with Crippen molar-refractivity contribution in [2.45, 2.75) is 38.3 Å². The van der Waals surface area contributed by atoms with Gasteiger partial charge in [-0.15, -0.1) is 0 Å². The highest BCUT2D eigenvalue weighted by Gasteiger charge is 2.25. The summed E-state index contributed by atoms with van der Waals surface area (Å²) in [5, 5.41) is 3.74. The molecule has 0 unspecified atom stereocenters. The lowest BCUT2D eigenvalue weighted by Crippen LogP contribution is -2.42. The molecular formula is C19H30N2O3. The van der Waals surface area contributed by atoms with Crippen molar-refractivity contribution >= 4 is 0 Å². The van der Waals surface area contributed by atoms with Gasteiger partial charge in [0.05, 0.1) is 26.9 Å². The third-order valence-electron chi connectivity index (χ3n) is 5.18. The highest BCUT2D eigenvalue weighted by atomic mass is 16.5. The molecule has 1 saturated carbocycles. The van der Waals surface area contributed by atoms with Crippen LogP contribution in [0.3, 0.4) is 0 Å². The maximum Gasteiger partial charge on any atom is 0.130 e. The molecule has 1 aliphatic heterocycles. The van der Waals surface area contributed by atoms with Crippen LogP contribution in [0, 0.1) is 5.92 Å². The summed E-state index contributed by atoms with van der Waals surface area (Å²) in [7, 11) is 5.06. The van der Waals surface area contributed by atoms with Crippen LogP contribution in [0.4, 0.5) is 0 Å². The minimum atomic E-state index is 0.682. The molecule has 2 aliphatic rings. The zero-order valence-corrected chi connectivity index (χ0v) is 15.1. The van der Waals surface area contributed by atoms with Crippen molar-refractivity contribution in [3.63, 3.8) is 0 Å². The van der Waals surface area contributed by atoms with Gasteiger partial charge in [0.25, 0.3) is 0 Å². The molecule has 0 amide bonds. The van der Waals surface area contributed by atoms with E-state index >= 15 is 0 Å². The second-order valence-corrected chi connectivity index (χ2v) is 6.91. The van der Waals surface area contributed by atoms with E-state index in [0.29, 0.717) is 6.04 Å². The van der Waals surface area contributed by atoms with Gasteiger partial charge in [-0.2, -0.15) is 0 Å². The Bertz CT molecular complexity index is 512. The van der Waals surface area contributed by atoms with E-state index in [9.17, 15) is 0 Å². The van der Waals surface area contributed by atoms with E-state index < -0.39 is 0 Å². The van der Waals surface area contributed by atoms with Gasteiger partial charge in [-0.1, -0.05) is 0 Å². The summed E-state index contributed by atoms with van der Waals surface area (Å²) in [6.45, 7) is 4.29. The maximum atomic E-state index is 5.57. The minimum absolute atomic E-state index is 0.682. The van der Waals surface area contributed by atoms with E-state index in [2.05, 4.69) is 10.2 Å². The smallest absolute Gasteiger partial charge is 0.130 e. The number of methoxy groups -OCH3 is 3. The van der Waals surface area contributed by atoms with Gasteiger partial charge in [0, 0.05) is 24.7 Å². The molecule has 1 saturated heterocycles. The number of hydrogen-bond acceptors (Lipinski definition) is 5. The van der Waals surface area contributed by atoms with Crippen molar-refractivity contribution < 1.29 is 14.2 Å². The number of likely N-dealkylation sites (tertiary alicyclic amines) is 1. The van der Waals surface area contributed by atoms with Crippen LogP contribution in [-0.2, 0) is 6.54 Å². The maximum absolute atomic E-state index is 5.57. The van der Waals surface area contributed by atoms with Gasteiger partial charge in [-0.05, 0) is 51.2 Å². The number of piperidine rings is 1. The summed E-state index contributed by atoms with van der Waals surface area (Å²) in [6.07, 6.45) is 5.27. The van der Waals surface area contributed by atoms with Crippen molar-refractivity contribution in [3.8, 4) is 17.2 Å². The molecule has 0 atom stereocenters. The Labute approximate surface area is 145 Å². The second kappa shape index (κ2) is 8.08. The number of hydrogen-bond donors (Lipinski definition) is 1. The zero-order chi connectivity index (χ0) is 16.9. The molecule has 2 fully saturated rings. The summed E-state index contributed by atoms with van der Waals surface area (Å²) in [4.78, 5) is 2.49. The van der Waals surface area contributed by atoms with Crippen molar-refractivity contribution in [3.05, 3.63) is 17.7 Å². The van der Waals surface area contributed by atoms with Crippen LogP contribution in [0.1, 0.15) is 31.2 Å². The van der Waals surface area contributed by atoms with Gasteiger partial charge in [0.1, 0.15) is 17.2 Å². The average molecular weight is 334 g/mol. The monoisotopic (exact) mass is 334 g/mol. The summed E-state index contributed by atoms with van der Waals surface area (Å²) in [6, 6.07) is 4.55. The highest BCUT2D eigenvalue weighted by Crippen LogP contribution is 2.35. The zero-order valence-electron chi connectivity index (χ0n) is 15.1. The molecule has 1 aromatic carbocycles. The lowest BCUT2D eigenvalue weighted by molar-refractivity contribution is 0.186. The fourth-order valence-corrected chi connectivity index (χ4v) is 3.41. The molecule has 5 heteroatoms. The lowest BCUT2D eigenvalue weighted by atomic mass is 10.0. The average Bonchev–Trinajstić information content (AvgIpc) is 3.45. The molecule has 1 aromatic rings. The number of nitrogens with one attached hydrogen (secondary N) is 1. The quantitative estimate of drug-likeness (QED) is 0.792. The number of ether oxygens (including phenoxy) is 3. The fourth-order valence-electron chi connectivity index (χ4n) is 3.41. The lowest BCUT2D eigenvalue weighted by Gasteiger charge is -2.33. The molecule has 1 N–H and O–H groups in total. The first kappa shape index (κ1) is 17.4. The summed E-state index contributed by atoms with van der Waals surface area (Å²) in [5.74, 6) is 3.38. The van der Waals surface area contributed by atoms with Gasteiger partial charge < -0.3 is 19.5 Å². The van der Waals surface area contributed by atoms with Gasteiger partial charge in [0.2, 0.25) is 0 Å². The minimum Gasteiger partial charge on any atom is -0.496 e. The van der Waals surface area contributed by atoms with E-state index in [1.54, 1.807) is 21.3 Å². The number of benzene rings is 1. The Morgan fingerprint density at radius 1 is 0.958 bits per heavy atom. The van der Waals surface area contributed by atoms with Gasteiger partial charge in [-0.25, -0.2) is 0 Å². The van der Waals surface area contributed by atoms with Crippen LogP contribution in [0.5, 0.6) is 17.2 Å². The van der Waals surface area contributed by atoms with E-state index in [1.165, 1.54) is 32.2 Å². The SMILES string of the molecule is COc1cc(OC)c(CN2CCC(NCC3CC3)CC2)c(OC)c1. The van der Waals surface area contributed by atoms with Gasteiger partial charge in [-0.3, -0.25) is 4.90 Å². The van der Waals surface area contributed by atoms with Crippen LogP contribution in [0.15, 0.2) is 12.1 Å². The first-order valence-corrected chi connectivity index (χ1v) is 8.98. The van der Waals surface area contributed by atoms with Crippen LogP contribution >= 0.6 is 0 Å².